The number of carboxylic acids is 1. The molecule has 1 aromatic carbocycles. The molecular weight excluding hydrogens is 286 g/mol. The van der Waals surface area contributed by atoms with Gasteiger partial charge in [-0.2, -0.15) is 0 Å². The Labute approximate surface area is 119 Å². The van der Waals surface area contributed by atoms with Crippen molar-refractivity contribution >= 4 is 29.4 Å². The minimum absolute atomic E-state index is 0.0199. The largest absolute Gasteiger partial charge is 0.491 e. The van der Waals surface area contributed by atoms with Gasteiger partial charge in [0, 0.05) is 17.9 Å². The second-order valence-corrected chi connectivity index (χ2v) is 4.67. The summed E-state index contributed by atoms with van der Waals surface area (Å²) in [6, 6.07) is 4.18. The molecule has 0 aliphatic carbocycles. The summed E-state index contributed by atoms with van der Waals surface area (Å²) in [7, 11) is 0. The molecule has 1 heterocycles. The molecule has 0 bridgehead atoms. The fourth-order valence-electron chi connectivity index (χ4n) is 1.91. The van der Waals surface area contributed by atoms with E-state index >= 15 is 0 Å². The number of benzene rings is 1. The number of hydrogen-bond acceptors (Lipinski definition) is 4. The van der Waals surface area contributed by atoms with Crippen molar-refractivity contribution in [3.63, 3.8) is 0 Å². The third-order valence-corrected chi connectivity index (χ3v) is 3.14. The summed E-state index contributed by atoms with van der Waals surface area (Å²) in [5, 5.41) is 9.36. The lowest BCUT2D eigenvalue weighted by Gasteiger charge is -2.15. The van der Waals surface area contributed by atoms with Crippen LogP contribution in [0.3, 0.4) is 0 Å². The standard InChI is InChI=1S/C13H12ClNO5/c14-8-1-2-9(13(18)19)10(7-8)20-6-5-15-11(16)3-4-12(15)17/h1-2,7H,3-6H2,(H,18,19). The zero-order chi connectivity index (χ0) is 14.7. The maximum atomic E-state index is 11.4. The van der Waals surface area contributed by atoms with Gasteiger partial charge in [0.2, 0.25) is 11.8 Å². The third kappa shape index (κ3) is 3.08. The monoisotopic (exact) mass is 297 g/mol. The minimum atomic E-state index is -1.13. The molecule has 0 atom stereocenters. The Balaban J connectivity index is 2.00. The highest BCUT2D eigenvalue weighted by atomic mass is 35.5. The molecule has 1 aliphatic heterocycles. The summed E-state index contributed by atoms with van der Waals surface area (Å²) in [4.78, 5) is 34.9. The lowest BCUT2D eigenvalue weighted by atomic mass is 10.2. The Morgan fingerprint density at radius 1 is 1.30 bits per heavy atom. The van der Waals surface area contributed by atoms with Crippen LogP contribution in [0.25, 0.3) is 0 Å². The number of ether oxygens (including phenoxy) is 1. The van der Waals surface area contributed by atoms with Crippen LogP contribution in [0.4, 0.5) is 0 Å². The second kappa shape index (κ2) is 5.92. The first-order valence-corrected chi connectivity index (χ1v) is 6.35. The molecule has 2 amide bonds. The Morgan fingerprint density at radius 3 is 2.55 bits per heavy atom. The number of rotatable bonds is 5. The van der Waals surface area contributed by atoms with Gasteiger partial charge in [-0.3, -0.25) is 14.5 Å². The van der Waals surface area contributed by atoms with E-state index in [0.29, 0.717) is 5.02 Å². The lowest BCUT2D eigenvalue weighted by molar-refractivity contribution is -0.138. The summed E-state index contributed by atoms with van der Waals surface area (Å²) in [5.41, 5.74) is -0.0199. The van der Waals surface area contributed by atoms with Crippen LogP contribution in [0.5, 0.6) is 5.75 Å². The molecule has 7 heteroatoms. The highest BCUT2D eigenvalue weighted by Crippen LogP contribution is 2.23. The average molecular weight is 298 g/mol. The van der Waals surface area contributed by atoms with E-state index in [1.165, 1.54) is 18.2 Å². The van der Waals surface area contributed by atoms with Crippen molar-refractivity contribution in [3.8, 4) is 5.75 Å². The molecule has 1 aliphatic rings. The molecular formula is C13H12ClNO5. The number of likely N-dealkylation sites (tertiary alicyclic amines) is 1. The van der Waals surface area contributed by atoms with Crippen molar-refractivity contribution in [3.05, 3.63) is 28.8 Å². The molecule has 0 radical (unpaired) electrons. The van der Waals surface area contributed by atoms with Crippen LogP contribution in [0.2, 0.25) is 5.02 Å². The number of aromatic carboxylic acids is 1. The molecule has 20 heavy (non-hydrogen) atoms. The van der Waals surface area contributed by atoms with Gasteiger partial charge in [-0.25, -0.2) is 4.79 Å². The fourth-order valence-corrected chi connectivity index (χ4v) is 2.07. The maximum Gasteiger partial charge on any atom is 0.339 e. The molecule has 0 saturated carbocycles. The topological polar surface area (TPSA) is 83.9 Å². The number of carbonyl (C=O) groups excluding carboxylic acids is 2. The Hall–Kier alpha value is -2.08. The van der Waals surface area contributed by atoms with Crippen LogP contribution in [0.1, 0.15) is 23.2 Å². The SMILES string of the molecule is O=C(O)c1ccc(Cl)cc1OCCN1C(=O)CCC1=O. The first-order chi connectivity index (χ1) is 9.49. The highest BCUT2D eigenvalue weighted by Gasteiger charge is 2.28. The van der Waals surface area contributed by atoms with Gasteiger partial charge in [-0.15, -0.1) is 0 Å². The van der Waals surface area contributed by atoms with Crippen LogP contribution < -0.4 is 4.74 Å². The molecule has 1 N–H and O–H groups in total. The average Bonchev–Trinajstić information content (AvgIpc) is 2.70. The normalized spacial score (nSPS) is 14.8. The van der Waals surface area contributed by atoms with E-state index in [9.17, 15) is 14.4 Å². The van der Waals surface area contributed by atoms with Crippen LogP contribution in [0, 0.1) is 0 Å². The number of carboxylic acid groups (broad SMARTS) is 1. The first kappa shape index (κ1) is 14.3. The molecule has 2 rings (SSSR count). The van der Waals surface area contributed by atoms with Gasteiger partial charge < -0.3 is 9.84 Å². The van der Waals surface area contributed by atoms with Crippen LogP contribution in [-0.2, 0) is 9.59 Å². The van der Waals surface area contributed by atoms with E-state index < -0.39 is 5.97 Å². The summed E-state index contributed by atoms with van der Waals surface area (Å²) in [5.74, 6) is -1.49. The summed E-state index contributed by atoms with van der Waals surface area (Å²) in [6.45, 7) is 0.126. The number of hydrogen-bond donors (Lipinski definition) is 1. The molecule has 6 nitrogen and oxygen atoms in total. The van der Waals surface area contributed by atoms with Crippen molar-refractivity contribution in [1.29, 1.82) is 0 Å². The Bertz CT molecular complexity index is 556. The maximum absolute atomic E-state index is 11.4. The van der Waals surface area contributed by atoms with Gasteiger partial charge in [-0.1, -0.05) is 11.6 Å². The van der Waals surface area contributed by atoms with Crippen molar-refractivity contribution < 1.29 is 24.2 Å². The van der Waals surface area contributed by atoms with Crippen LogP contribution in [-0.4, -0.2) is 40.9 Å². The molecule has 0 aromatic heterocycles. The lowest BCUT2D eigenvalue weighted by Crippen LogP contribution is -2.33. The van der Waals surface area contributed by atoms with Crippen LogP contribution in [0.15, 0.2) is 18.2 Å². The zero-order valence-corrected chi connectivity index (χ0v) is 11.2. The quantitative estimate of drug-likeness (QED) is 0.834. The van der Waals surface area contributed by atoms with Gasteiger partial charge in [0.05, 0.1) is 6.54 Å². The highest BCUT2D eigenvalue weighted by molar-refractivity contribution is 6.30. The summed E-state index contributed by atoms with van der Waals surface area (Å²) >= 11 is 5.78. The number of carbonyl (C=O) groups is 3. The predicted molar refractivity (Wildman–Crippen MR) is 69.9 cm³/mol. The van der Waals surface area contributed by atoms with Gasteiger partial charge >= 0.3 is 5.97 Å². The number of imide groups is 1. The van der Waals surface area contributed by atoms with E-state index in [1.54, 1.807) is 0 Å². The van der Waals surface area contributed by atoms with Gasteiger partial charge in [0.15, 0.2) is 0 Å². The summed E-state index contributed by atoms with van der Waals surface area (Å²) in [6.07, 6.45) is 0.437. The third-order valence-electron chi connectivity index (χ3n) is 2.90. The first-order valence-electron chi connectivity index (χ1n) is 5.98. The Morgan fingerprint density at radius 2 is 1.95 bits per heavy atom. The molecule has 1 saturated heterocycles. The number of amides is 2. The number of nitrogens with zero attached hydrogens (tertiary/aromatic N) is 1. The summed E-state index contributed by atoms with van der Waals surface area (Å²) < 4.78 is 5.33. The van der Waals surface area contributed by atoms with E-state index in [1.807, 2.05) is 0 Å². The molecule has 0 unspecified atom stereocenters. The molecule has 1 aromatic rings. The molecule has 0 spiro atoms. The van der Waals surface area contributed by atoms with Crippen molar-refractivity contribution in [2.24, 2.45) is 0 Å². The Kier molecular flexibility index (Phi) is 4.24. The predicted octanol–water partition coefficient (Wildman–Crippen LogP) is 1.57. The van der Waals surface area contributed by atoms with Gasteiger partial charge in [-0.05, 0) is 18.2 Å². The molecule has 1 fully saturated rings. The van der Waals surface area contributed by atoms with Gasteiger partial charge in [0.1, 0.15) is 17.9 Å². The molecule has 106 valence electrons. The van der Waals surface area contributed by atoms with Gasteiger partial charge in [0.25, 0.3) is 0 Å². The van der Waals surface area contributed by atoms with E-state index in [0.717, 1.165) is 4.90 Å². The second-order valence-electron chi connectivity index (χ2n) is 4.23. The van der Waals surface area contributed by atoms with Crippen molar-refractivity contribution in [1.82, 2.24) is 4.90 Å². The zero-order valence-electron chi connectivity index (χ0n) is 10.5. The van der Waals surface area contributed by atoms with Crippen molar-refractivity contribution in [2.75, 3.05) is 13.2 Å². The van der Waals surface area contributed by atoms with E-state index in [2.05, 4.69) is 0 Å². The van der Waals surface area contributed by atoms with E-state index in [4.69, 9.17) is 21.4 Å². The van der Waals surface area contributed by atoms with Crippen LogP contribution >= 0.6 is 11.6 Å². The number of halogens is 1. The fraction of sp³-hybridized carbons (Fsp3) is 0.308. The smallest absolute Gasteiger partial charge is 0.339 e. The minimum Gasteiger partial charge on any atom is -0.491 e. The van der Waals surface area contributed by atoms with E-state index in [-0.39, 0.29) is 49.1 Å². The van der Waals surface area contributed by atoms with Crippen molar-refractivity contribution in [2.45, 2.75) is 12.8 Å².